The summed E-state index contributed by atoms with van der Waals surface area (Å²) in [5, 5.41) is 9.24. The summed E-state index contributed by atoms with van der Waals surface area (Å²) in [7, 11) is 0. The zero-order chi connectivity index (χ0) is 12.4. The summed E-state index contributed by atoms with van der Waals surface area (Å²) in [6.45, 7) is 7.48. The molecular formula is C13H18O2S. The largest absolute Gasteiger partial charge is 0.481 e. The summed E-state index contributed by atoms with van der Waals surface area (Å²) in [6.07, 6.45) is 0. The molecule has 0 aliphatic heterocycles. The van der Waals surface area contributed by atoms with Crippen LogP contribution < -0.4 is 0 Å². The van der Waals surface area contributed by atoms with Crippen LogP contribution in [-0.2, 0) is 4.79 Å². The SMILES string of the molecule is CC(C)(Sc1ccccc1)C(C)(C)C(=O)O. The summed E-state index contributed by atoms with van der Waals surface area (Å²) in [6, 6.07) is 9.90. The first-order valence-corrected chi connectivity index (χ1v) is 6.06. The number of rotatable bonds is 4. The maximum Gasteiger partial charge on any atom is 0.310 e. The second-order valence-electron chi connectivity index (χ2n) is 4.86. The molecule has 0 amide bonds. The Balaban J connectivity index is 2.92. The van der Waals surface area contributed by atoms with Gasteiger partial charge in [0.15, 0.2) is 0 Å². The number of thioether (sulfide) groups is 1. The molecule has 0 bridgehead atoms. The highest BCUT2D eigenvalue weighted by molar-refractivity contribution is 8.00. The monoisotopic (exact) mass is 238 g/mol. The van der Waals surface area contributed by atoms with Crippen molar-refractivity contribution in [2.45, 2.75) is 37.3 Å². The smallest absolute Gasteiger partial charge is 0.310 e. The van der Waals surface area contributed by atoms with E-state index in [4.69, 9.17) is 0 Å². The maximum atomic E-state index is 11.2. The second-order valence-corrected chi connectivity index (χ2v) is 6.55. The first kappa shape index (κ1) is 13.1. The number of hydrogen-bond acceptors (Lipinski definition) is 2. The molecule has 16 heavy (non-hydrogen) atoms. The number of carboxylic acid groups (broad SMARTS) is 1. The minimum atomic E-state index is -0.770. The molecule has 0 aliphatic carbocycles. The van der Waals surface area contributed by atoms with Crippen molar-refractivity contribution in [3.63, 3.8) is 0 Å². The second kappa shape index (κ2) is 4.50. The van der Waals surface area contributed by atoms with Gasteiger partial charge in [0.25, 0.3) is 0 Å². The van der Waals surface area contributed by atoms with Crippen LogP contribution in [0.15, 0.2) is 35.2 Å². The summed E-state index contributed by atoms with van der Waals surface area (Å²) < 4.78 is -0.361. The maximum absolute atomic E-state index is 11.2. The topological polar surface area (TPSA) is 37.3 Å². The molecule has 1 aromatic carbocycles. The zero-order valence-corrected chi connectivity index (χ0v) is 11.0. The standard InChI is InChI=1S/C13H18O2S/c1-12(2,11(14)15)13(3,4)16-10-8-6-5-7-9-10/h5-9H,1-4H3,(H,14,15). The van der Waals surface area contributed by atoms with Crippen molar-refractivity contribution in [3.05, 3.63) is 30.3 Å². The molecule has 1 rings (SSSR count). The Bertz CT molecular complexity index is 369. The molecule has 0 aromatic heterocycles. The van der Waals surface area contributed by atoms with Gasteiger partial charge in [-0.3, -0.25) is 4.79 Å². The van der Waals surface area contributed by atoms with Gasteiger partial charge in [0.2, 0.25) is 0 Å². The van der Waals surface area contributed by atoms with Crippen LogP contribution in [0.5, 0.6) is 0 Å². The molecule has 2 nitrogen and oxygen atoms in total. The molecule has 0 saturated carbocycles. The van der Waals surface area contributed by atoms with Gasteiger partial charge in [-0.05, 0) is 39.8 Å². The van der Waals surface area contributed by atoms with E-state index >= 15 is 0 Å². The summed E-state index contributed by atoms with van der Waals surface area (Å²) in [5.41, 5.74) is -0.770. The van der Waals surface area contributed by atoms with Crippen molar-refractivity contribution in [2.75, 3.05) is 0 Å². The van der Waals surface area contributed by atoms with Gasteiger partial charge >= 0.3 is 5.97 Å². The van der Waals surface area contributed by atoms with Crippen LogP contribution in [0.4, 0.5) is 0 Å². The van der Waals surface area contributed by atoms with E-state index in [1.165, 1.54) is 0 Å². The Labute approximate surface area is 101 Å². The average Bonchev–Trinajstić information content (AvgIpc) is 2.18. The van der Waals surface area contributed by atoms with Gasteiger partial charge in [-0.25, -0.2) is 0 Å². The first-order valence-electron chi connectivity index (χ1n) is 5.25. The molecule has 1 aromatic rings. The number of carboxylic acids is 1. The summed E-state index contributed by atoms with van der Waals surface area (Å²) >= 11 is 1.60. The van der Waals surface area contributed by atoms with Gasteiger partial charge < -0.3 is 5.11 Å². The Kier molecular flexibility index (Phi) is 3.68. The third-order valence-electron chi connectivity index (χ3n) is 3.16. The van der Waals surface area contributed by atoms with E-state index in [1.807, 2.05) is 44.2 Å². The highest BCUT2D eigenvalue weighted by Crippen LogP contribution is 2.45. The van der Waals surface area contributed by atoms with E-state index in [9.17, 15) is 9.90 Å². The zero-order valence-electron chi connectivity index (χ0n) is 10.2. The van der Waals surface area contributed by atoms with Gasteiger partial charge in [0.1, 0.15) is 0 Å². The van der Waals surface area contributed by atoms with Crippen molar-refractivity contribution in [1.29, 1.82) is 0 Å². The van der Waals surface area contributed by atoms with E-state index in [0.717, 1.165) is 4.90 Å². The molecule has 1 N–H and O–H groups in total. The molecule has 0 heterocycles. The minimum Gasteiger partial charge on any atom is -0.481 e. The van der Waals surface area contributed by atoms with E-state index < -0.39 is 11.4 Å². The van der Waals surface area contributed by atoms with Crippen LogP contribution in [0, 0.1) is 5.41 Å². The van der Waals surface area contributed by atoms with Gasteiger partial charge in [0, 0.05) is 9.64 Å². The number of carbonyl (C=O) groups is 1. The number of benzene rings is 1. The molecular weight excluding hydrogens is 220 g/mol. The van der Waals surface area contributed by atoms with Crippen LogP contribution in [0.3, 0.4) is 0 Å². The van der Waals surface area contributed by atoms with Crippen molar-refractivity contribution >= 4 is 17.7 Å². The van der Waals surface area contributed by atoms with Crippen molar-refractivity contribution in [3.8, 4) is 0 Å². The fourth-order valence-corrected chi connectivity index (χ4v) is 2.39. The Morgan fingerprint density at radius 3 is 2.06 bits per heavy atom. The molecule has 0 saturated heterocycles. The summed E-state index contributed by atoms with van der Waals surface area (Å²) in [4.78, 5) is 12.3. The minimum absolute atomic E-state index is 0.361. The molecule has 0 fully saturated rings. The number of hydrogen-bond donors (Lipinski definition) is 1. The fourth-order valence-electron chi connectivity index (χ4n) is 1.17. The van der Waals surface area contributed by atoms with E-state index in [1.54, 1.807) is 25.6 Å². The van der Waals surface area contributed by atoms with Crippen LogP contribution in [0.1, 0.15) is 27.7 Å². The van der Waals surface area contributed by atoms with Gasteiger partial charge in [-0.2, -0.15) is 0 Å². The predicted octanol–water partition coefficient (Wildman–Crippen LogP) is 3.67. The normalized spacial score (nSPS) is 12.5. The molecule has 3 heteroatoms. The predicted molar refractivity (Wildman–Crippen MR) is 67.8 cm³/mol. The molecule has 0 aliphatic rings. The number of aliphatic carboxylic acids is 1. The highest BCUT2D eigenvalue weighted by Gasteiger charge is 2.44. The molecule has 0 unspecified atom stereocenters. The third kappa shape index (κ3) is 2.59. The Morgan fingerprint density at radius 1 is 1.12 bits per heavy atom. The van der Waals surface area contributed by atoms with Crippen molar-refractivity contribution in [1.82, 2.24) is 0 Å². The first-order chi connectivity index (χ1) is 7.27. The van der Waals surface area contributed by atoms with Crippen LogP contribution in [-0.4, -0.2) is 15.8 Å². The van der Waals surface area contributed by atoms with Gasteiger partial charge in [-0.1, -0.05) is 18.2 Å². The lowest BCUT2D eigenvalue weighted by Gasteiger charge is -2.37. The Hall–Kier alpha value is -0.960. The van der Waals surface area contributed by atoms with E-state index in [-0.39, 0.29) is 4.75 Å². The quantitative estimate of drug-likeness (QED) is 0.813. The fraction of sp³-hybridized carbons (Fsp3) is 0.462. The van der Waals surface area contributed by atoms with E-state index in [0.29, 0.717) is 0 Å². The average molecular weight is 238 g/mol. The lowest BCUT2D eigenvalue weighted by atomic mass is 9.80. The molecule has 0 radical (unpaired) electrons. The Morgan fingerprint density at radius 2 is 1.62 bits per heavy atom. The molecule has 0 atom stereocenters. The van der Waals surface area contributed by atoms with Gasteiger partial charge in [-0.15, -0.1) is 11.8 Å². The third-order valence-corrected chi connectivity index (χ3v) is 4.68. The van der Waals surface area contributed by atoms with Crippen molar-refractivity contribution < 1.29 is 9.90 Å². The van der Waals surface area contributed by atoms with Crippen LogP contribution in [0.25, 0.3) is 0 Å². The van der Waals surface area contributed by atoms with Gasteiger partial charge in [0.05, 0.1) is 5.41 Å². The van der Waals surface area contributed by atoms with Crippen LogP contribution in [0.2, 0.25) is 0 Å². The van der Waals surface area contributed by atoms with Crippen molar-refractivity contribution in [2.24, 2.45) is 5.41 Å². The lowest BCUT2D eigenvalue weighted by Crippen LogP contribution is -2.42. The molecule has 88 valence electrons. The van der Waals surface area contributed by atoms with Crippen LogP contribution >= 0.6 is 11.8 Å². The van der Waals surface area contributed by atoms with E-state index in [2.05, 4.69) is 0 Å². The summed E-state index contributed by atoms with van der Waals surface area (Å²) in [5.74, 6) is -0.763. The highest BCUT2D eigenvalue weighted by atomic mass is 32.2. The lowest BCUT2D eigenvalue weighted by molar-refractivity contribution is -0.148. The molecule has 0 spiro atoms.